The molecule has 0 aliphatic carbocycles. The van der Waals surface area contributed by atoms with E-state index in [0.717, 1.165) is 11.1 Å². The van der Waals surface area contributed by atoms with Crippen molar-refractivity contribution >= 4 is 5.97 Å². The number of benzene rings is 2. The van der Waals surface area contributed by atoms with Gasteiger partial charge in [0.25, 0.3) is 0 Å². The minimum atomic E-state index is -1.09. The van der Waals surface area contributed by atoms with Crippen LogP contribution < -0.4 is 4.74 Å². The van der Waals surface area contributed by atoms with E-state index in [1.807, 2.05) is 25.1 Å². The van der Waals surface area contributed by atoms with E-state index in [0.29, 0.717) is 29.3 Å². The molecule has 2 aromatic carbocycles. The normalized spacial score (nSPS) is 10.2. The molecule has 0 saturated carbocycles. The van der Waals surface area contributed by atoms with Crippen molar-refractivity contribution in [1.82, 2.24) is 9.97 Å². The second-order valence-electron chi connectivity index (χ2n) is 5.64. The molecular formula is C20H15N3O3. The van der Waals surface area contributed by atoms with Gasteiger partial charge in [0.1, 0.15) is 12.4 Å². The van der Waals surface area contributed by atoms with Gasteiger partial charge in [-0.05, 0) is 54.4 Å². The van der Waals surface area contributed by atoms with Crippen LogP contribution in [0.25, 0.3) is 11.4 Å². The zero-order valence-corrected chi connectivity index (χ0v) is 14.0. The average molecular weight is 345 g/mol. The summed E-state index contributed by atoms with van der Waals surface area (Å²) in [7, 11) is 0. The van der Waals surface area contributed by atoms with Crippen LogP contribution in [0.1, 0.15) is 27.2 Å². The van der Waals surface area contributed by atoms with Gasteiger partial charge < -0.3 is 9.84 Å². The third kappa shape index (κ3) is 3.84. The van der Waals surface area contributed by atoms with Crippen molar-refractivity contribution < 1.29 is 14.6 Å². The van der Waals surface area contributed by atoms with Crippen molar-refractivity contribution in [3.05, 3.63) is 77.1 Å². The highest BCUT2D eigenvalue weighted by Crippen LogP contribution is 2.20. The van der Waals surface area contributed by atoms with Crippen LogP contribution in [-0.2, 0) is 6.61 Å². The lowest BCUT2D eigenvalue weighted by atomic mass is 10.1. The molecular weight excluding hydrogens is 330 g/mol. The van der Waals surface area contributed by atoms with E-state index in [9.17, 15) is 4.79 Å². The fraction of sp³-hybridized carbons (Fsp3) is 0.100. The number of aromatic nitrogens is 2. The molecule has 3 aromatic rings. The third-order valence-corrected chi connectivity index (χ3v) is 3.82. The number of nitriles is 1. The maximum Gasteiger partial charge on any atom is 0.354 e. The van der Waals surface area contributed by atoms with Crippen LogP contribution in [0.3, 0.4) is 0 Å². The highest BCUT2D eigenvalue weighted by molar-refractivity contribution is 5.85. The van der Waals surface area contributed by atoms with Crippen LogP contribution in [0.4, 0.5) is 0 Å². The lowest BCUT2D eigenvalue weighted by Crippen LogP contribution is -2.02. The molecule has 6 nitrogen and oxygen atoms in total. The number of aromatic carboxylic acids is 1. The first-order valence-corrected chi connectivity index (χ1v) is 7.86. The Morgan fingerprint density at radius 2 is 1.96 bits per heavy atom. The van der Waals surface area contributed by atoms with Gasteiger partial charge in [0.15, 0.2) is 11.5 Å². The number of carbonyl (C=O) groups is 1. The molecule has 0 atom stereocenters. The zero-order valence-electron chi connectivity index (χ0n) is 14.0. The number of aryl methyl sites for hydroxylation is 1. The molecule has 6 heteroatoms. The summed E-state index contributed by atoms with van der Waals surface area (Å²) in [5.74, 6) is -0.0979. The van der Waals surface area contributed by atoms with E-state index >= 15 is 0 Å². The Hall–Kier alpha value is -3.72. The van der Waals surface area contributed by atoms with Crippen LogP contribution in [0, 0.1) is 18.3 Å². The Bertz CT molecular complexity index is 992. The summed E-state index contributed by atoms with van der Waals surface area (Å²) in [4.78, 5) is 19.1. The molecule has 1 heterocycles. The second kappa shape index (κ2) is 7.45. The van der Waals surface area contributed by atoms with Gasteiger partial charge in [-0.15, -0.1) is 0 Å². The molecule has 0 bridgehead atoms. The third-order valence-electron chi connectivity index (χ3n) is 3.82. The molecule has 0 fully saturated rings. The Labute approximate surface area is 150 Å². The minimum Gasteiger partial charge on any atom is -0.489 e. The second-order valence-corrected chi connectivity index (χ2v) is 5.64. The topological polar surface area (TPSA) is 96.1 Å². The molecule has 26 heavy (non-hydrogen) atoms. The Morgan fingerprint density at radius 3 is 2.65 bits per heavy atom. The Morgan fingerprint density at radius 1 is 1.19 bits per heavy atom. The predicted octanol–water partition coefficient (Wildman–Crippen LogP) is 3.60. The quantitative estimate of drug-likeness (QED) is 0.759. The largest absolute Gasteiger partial charge is 0.489 e. The van der Waals surface area contributed by atoms with E-state index in [1.165, 1.54) is 12.3 Å². The summed E-state index contributed by atoms with van der Waals surface area (Å²) in [5, 5.41) is 18.1. The summed E-state index contributed by atoms with van der Waals surface area (Å²) in [6.07, 6.45) is 1.42. The Balaban J connectivity index is 1.71. The summed E-state index contributed by atoms with van der Waals surface area (Å²) < 4.78 is 5.74. The average Bonchev–Trinajstić information content (AvgIpc) is 2.68. The van der Waals surface area contributed by atoms with Gasteiger partial charge in [0, 0.05) is 11.8 Å². The van der Waals surface area contributed by atoms with Crippen LogP contribution in [0.5, 0.6) is 5.75 Å². The van der Waals surface area contributed by atoms with Gasteiger partial charge >= 0.3 is 5.97 Å². The number of ether oxygens (including phenoxy) is 1. The van der Waals surface area contributed by atoms with E-state index in [-0.39, 0.29) is 5.69 Å². The zero-order chi connectivity index (χ0) is 18.5. The van der Waals surface area contributed by atoms with Crippen molar-refractivity contribution in [3.63, 3.8) is 0 Å². The van der Waals surface area contributed by atoms with Crippen LogP contribution >= 0.6 is 0 Å². The number of hydrogen-bond acceptors (Lipinski definition) is 5. The first kappa shape index (κ1) is 17.1. The lowest BCUT2D eigenvalue weighted by Gasteiger charge is -2.08. The van der Waals surface area contributed by atoms with Crippen molar-refractivity contribution in [2.45, 2.75) is 13.5 Å². The number of hydrogen-bond donors (Lipinski definition) is 1. The van der Waals surface area contributed by atoms with Crippen LogP contribution in [-0.4, -0.2) is 21.0 Å². The fourth-order valence-corrected chi connectivity index (χ4v) is 2.36. The standard InChI is InChI=1S/C20H15N3O3/c1-13-2-3-14(10-16(13)11-21)12-26-17-6-4-15(5-7-17)19-22-9-8-18(23-19)20(24)25/h2-10H,12H2,1H3,(H,24,25). The van der Waals surface area contributed by atoms with Crippen molar-refractivity contribution in [2.75, 3.05) is 0 Å². The maximum absolute atomic E-state index is 11.0. The highest BCUT2D eigenvalue weighted by atomic mass is 16.5. The molecule has 1 aromatic heterocycles. The summed E-state index contributed by atoms with van der Waals surface area (Å²) >= 11 is 0. The van der Waals surface area contributed by atoms with E-state index in [2.05, 4.69) is 16.0 Å². The number of rotatable bonds is 5. The number of carboxylic acid groups (broad SMARTS) is 1. The van der Waals surface area contributed by atoms with E-state index in [4.69, 9.17) is 15.1 Å². The van der Waals surface area contributed by atoms with Gasteiger partial charge in [-0.3, -0.25) is 0 Å². The highest BCUT2D eigenvalue weighted by Gasteiger charge is 2.08. The molecule has 1 N–H and O–H groups in total. The van der Waals surface area contributed by atoms with Crippen LogP contribution in [0.15, 0.2) is 54.7 Å². The van der Waals surface area contributed by atoms with Crippen molar-refractivity contribution in [1.29, 1.82) is 5.26 Å². The monoisotopic (exact) mass is 345 g/mol. The minimum absolute atomic E-state index is 0.0528. The van der Waals surface area contributed by atoms with Gasteiger partial charge in [-0.2, -0.15) is 5.26 Å². The van der Waals surface area contributed by atoms with Gasteiger partial charge in [-0.1, -0.05) is 12.1 Å². The van der Waals surface area contributed by atoms with E-state index < -0.39 is 5.97 Å². The fourth-order valence-electron chi connectivity index (χ4n) is 2.36. The molecule has 0 aliphatic heterocycles. The predicted molar refractivity (Wildman–Crippen MR) is 94.7 cm³/mol. The summed E-state index contributed by atoms with van der Waals surface area (Å²) in [6, 6.07) is 16.2. The van der Waals surface area contributed by atoms with Gasteiger partial charge in [0.2, 0.25) is 0 Å². The molecule has 0 unspecified atom stereocenters. The summed E-state index contributed by atoms with van der Waals surface area (Å²) in [5.41, 5.74) is 3.13. The molecule has 0 amide bonds. The van der Waals surface area contributed by atoms with E-state index in [1.54, 1.807) is 24.3 Å². The number of carboxylic acids is 1. The van der Waals surface area contributed by atoms with Gasteiger partial charge in [0.05, 0.1) is 11.6 Å². The Kier molecular flexibility index (Phi) is 4.90. The molecule has 128 valence electrons. The molecule has 3 rings (SSSR count). The first-order valence-electron chi connectivity index (χ1n) is 7.86. The van der Waals surface area contributed by atoms with Crippen LogP contribution in [0.2, 0.25) is 0 Å². The molecule has 0 radical (unpaired) electrons. The number of nitrogens with zero attached hydrogens (tertiary/aromatic N) is 3. The molecule has 0 aliphatic rings. The molecule has 0 spiro atoms. The molecule has 0 saturated heterocycles. The summed E-state index contributed by atoms with van der Waals surface area (Å²) in [6.45, 7) is 2.24. The maximum atomic E-state index is 11.0. The van der Waals surface area contributed by atoms with Crippen molar-refractivity contribution in [3.8, 4) is 23.2 Å². The SMILES string of the molecule is Cc1ccc(COc2ccc(-c3nccc(C(=O)O)n3)cc2)cc1C#N. The first-order chi connectivity index (χ1) is 12.6. The van der Waals surface area contributed by atoms with Crippen molar-refractivity contribution in [2.24, 2.45) is 0 Å². The van der Waals surface area contributed by atoms with Gasteiger partial charge in [-0.25, -0.2) is 14.8 Å². The lowest BCUT2D eigenvalue weighted by molar-refractivity contribution is 0.0690. The smallest absolute Gasteiger partial charge is 0.354 e.